The summed E-state index contributed by atoms with van der Waals surface area (Å²) in [5.41, 5.74) is 1.98. The van der Waals surface area contributed by atoms with Crippen LogP contribution in [0.15, 0.2) is 18.2 Å². The molecule has 1 saturated carbocycles. The van der Waals surface area contributed by atoms with Gasteiger partial charge < -0.3 is 4.57 Å². The van der Waals surface area contributed by atoms with Gasteiger partial charge in [-0.2, -0.15) is 0 Å². The molecule has 3 rings (SSSR count). The fraction of sp³-hybridized carbons (Fsp3) is 0.500. The fourth-order valence-electron chi connectivity index (χ4n) is 2.48. The average molecular weight is 283 g/mol. The Morgan fingerprint density at radius 2 is 2.17 bits per heavy atom. The number of halogens is 2. The van der Waals surface area contributed by atoms with Crippen molar-refractivity contribution in [3.05, 3.63) is 29.0 Å². The Hall–Kier alpha value is -0.730. The molecular weight excluding hydrogens is 267 g/mol. The lowest BCUT2D eigenvalue weighted by atomic mass is 10.2. The lowest BCUT2D eigenvalue weighted by Gasteiger charge is -2.08. The highest BCUT2D eigenvalue weighted by Crippen LogP contribution is 2.34. The molecule has 96 valence electrons. The van der Waals surface area contributed by atoms with Crippen LogP contribution in [-0.2, 0) is 12.4 Å². The Morgan fingerprint density at radius 1 is 1.33 bits per heavy atom. The summed E-state index contributed by atoms with van der Waals surface area (Å²) < 4.78 is 2.19. The Labute approximate surface area is 117 Å². The monoisotopic (exact) mass is 282 g/mol. The molecule has 0 N–H and O–H groups in total. The van der Waals surface area contributed by atoms with Gasteiger partial charge in [-0.3, -0.25) is 0 Å². The SMILES string of the molecule is ClCc1nc2cccc(Cl)c2n1CCCC1CC1. The number of hydrogen-bond acceptors (Lipinski definition) is 1. The summed E-state index contributed by atoms with van der Waals surface area (Å²) in [6.45, 7) is 0.971. The van der Waals surface area contributed by atoms with E-state index in [9.17, 15) is 0 Å². The van der Waals surface area contributed by atoms with Gasteiger partial charge in [0.15, 0.2) is 0 Å². The molecule has 0 radical (unpaired) electrons. The maximum atomic E-state index is 6.28. The van der Waals surface area contributed by atoms with Crippen molar-refractivity contribution in [1.82, 2.24) is 9.55 Å². The van der Waals surface area contributed by atoms with Crippen molar-refractivity contribution in [3.63, 3.8) is 0 Å². The highest BCUT2D eigenvalue weighted by Gasteiger charge is 2.21. The number of alkyl halides is 1. The van der Waals surface area contributed by atoms with Crippen molar-refractivity contribution in [1.29, 1.82) is 0 Å². The minimum absolute atomic E-state index is 0.439. The normalized spacial score (nSPS) is 15.4. The van der Waals surface area contributed by atoms with Crippen molar-refractivity contribution in [2.24, 2.45) is 5.92 Å². The van der Waals surface area contributed by atoms with Crippen LogP contribution in [-0.4, -0.2) is 9.55 Å². The summed E-state index contributed by atoms with van der Waals surface area (Å²) in [5, 5.41) is 0.766. The molecule has 1 heterocycles. The molecule has 1 fully saturated rings. The minimum Gasteiger partial charge on any atom is -0.326 e. The number of benzene rings is 1. The van der Waals surface area contributed by atoms with Gasteiger partial charge in [0.2, 0.25) is 0 Å². The lowest BCUT2D eigenvalue weighted by Crippen LogP contribution is -2.03. The van der Waals surface area contributed by atoms with Crippen LogP contribution >= 0.6 is 23.2 Å². The van der Waals surface area contributed by atoms with E-state index in [2.05, 4.69) is 9.55 Å². The maximum absolute atomic E-state index is 6.28. The van der Waals surface area contributed by atoms with Crippen LogP contribution in [0.4, 0.5) is 0 Å². The zero-order valence-corrected chi connectivity index (χ0v) is 11.7. The van der Waals surface area contributed by atoms with Gasteiger partial charge in [0.1, 0.15) is 5.82 Å². The molecule has 0 unspecified atom stereocenters. The molecular formula is C14H16Cl2N2. The van der Waals surface area contributed by atoms with Crippen molar-refractivity contribution in [2.45, 2.75) is 38.1 Å². The van der Waals surface area contributed by atoms with Crippen LogP contribution < -0.4 is 0 Å². The highest BCUT2D eigenvalue weighted by molar-refractivity contribution is 6.35. The van der Waals surface area contributed by atoms with Gasteiger partial charge in [-0.25, -0.2) is 4.98 Å². The number of para-hydroxylation sites is 1. The number of imidazole rings is 1. The summed E-state index contributed by atoms with van der Waals surface area (Å²) in [4.78, 5) is 4.55. The van der Waals surface area contributed by atoms with E-state index in [0.29, 0.717) is 5.88 Å². The largest absolute Gasteiger partial charge is 0.326 e. The average Bonchev–Trinajstić information content (AvgIpc) is 3.11. The number of fused-ring (bicyclic) bond motifs is 1. The standard InChI is InChI=1S/C14H16Cl2N2/c15-9-13-17-12-5-1-4-11(16)14(12)18(13)8-2-3-10-6-7-10/h1,4-5,10H,2-3,6-9H2. The molecule has 0 spiro atoms. The van der Waals surface area contributed by atoms with Crippen LogP contribution in [0.1, 0.15) is 31.5 Å². The molecule has 0 aliphatic heterocycles. The van der Waals surface area contributed by atoms with E-state index in [1.165, 1.54) is 25.7 Å². The Kier molecular flexibility index (Phi) is 3.49. The molecule has 18 heavy (non-hydrogen) atoms. The van der Waals surface area contributed by atoms with E-state index in [4.69, 9.17) is 23.2 Å². The molecule has 1 aliphatic carbocycles. The first-order chi connectivity index (χ1) is 8.79. The van der Waals surface area contributed by atoms with E-state index in [-0.39, 0.29) is 0 Å². The van der Waals surface area contributed by atoms with Gasteiger partial charge in [0, 0.05) is 6.54 Å². The number of rotatable bonds is 5. The van der Waals surface area contributed by atoms with Gasteiger partial charge in [-0.05, 0) is 30.9 Å². The number of nitrogens with zero attached hydrogens (tertiary/aromatic N) is 2. The number of hydrogen-bond donors (Lipinski definition) is 0. The van der Waals surface area contributed by atoms with Gasteiger partial charge in [0.05, 0.1) is 21.9 Å². The first-order valence-electron chi connectivity index (χ1n) is 6.49. The lowest BCUT2D eigenvalue weighted by molar-refractivity contribution is 0.576. The van der Waals surface area contributed by atoms with Crippen molar-refractivity contribution in [3.8, 4) is 0 Å². The van der Waals surface area contributed by atoms with E-state index in [1.54, 1.807) is 0 Å². The van der Waals surface area contributed by atoms with Gasteiger partial charge in [0.25, 0.3) is 0 Å². The van der Waals surface area contributed by atoms with Gasteiger partial charge >= 0.3 is 0 Å². The van der Waals surface area contributed by atoms with Crippen LogP contribution in [0, 0.1) is 5.92 Å². The third kappa shape index (κ3) is 2.36. The zero-order chi connectivity index (χ0) is 12.5. The first-order valence-corrected chi connectivity index (χ1v) is 7.40. The molecule has 0 bridgehead atoms. The Bertz CT molecular complexity index is 558. The second kappa shape index (κ2) is 5.10. The van der Waals surface area contributed by atoms with Crippen molar-refractivity contribution < 1.29 is 0 Å². The summed E-state index contributed by atoms with van der Waals surface area (Å²) in [6, 6.07) is 5.85. The van der Waals surface area contributed by atoms with Crippen LogP contribution in [0.2, 0.25) is 5.02 Å². The van der Waals surface area contributed by atoms with E-state index < -0.39 is 0 Å². The predicted octanol–water partition coefficient (Wildman–Crippen LogP) is 4.62. The molecule has 0 atom stereocenters. The fourth-order valence-corrected chi connectivity index (χ4v) is 2.95. The van der Waals surface area contributed by atoms with Crippen LogP contribution in [0.25, 0.3) is 11.0 Å². The Balaban J connectivity index is 1.90. The third-order valence-electron chi connectivity index (χ3n) is 3.61. The summed E-state index contributed by atoms with van der Waals surface area (Å²) >= 11 is 12.3. The van der Waals surface area contributed by atoms with Gasteiger partial charge in [-0.15, -0.1) is 11.6 Å². The predicted molar refractivity (Wildman–Crippen MR) is 76.3 cm³/mol. The van der Waals surface area contributed by atoms with Crippen LogP contribution in [0.5, 0.6) is 0 Å². The minimum atomic E-state index is 0.439. The van der Waals surface area contributed by atoms with Crippen molar-refractivity contribution >= 4 is 34.2 Å². The van der Waals surface area contributed by atoms with Gasteiger partial charge in [-0.1, -0.05) is 30.5 Å². The molecule has 2 aromatic rings. The summed E-state index contributed by atoms with van der Waals surface area (Å²) in [7, 11) is 0. The van der Waals surface area contributed by atoms with E-state index in [0.717, 1.165) is 34.3 Å². The number of aromatic nitrogens is 2. The van der Waals surface area contributed by atoms with Crippen LogP contribution in [0.3, 0.4) is 0 Å². The first kappa shape index (κ1) is 12.3. The molecule has 2 nitrogen and oxygen atoms in total. The third-order valence-corrected chi connectivity index (χ3v) is 4.15. The molecule has 0 amide bonds. The highest BCUT2D eigenvalue weighted by atomic mass is 35.5. The molecule has 4 heteroatoms. The second-order valence-electron chi connectivity index (χ2n) is 5.01. The zero-order valence-electron chi connectivity index (χ0n) is 10.2. The summed E-state index contributed by atoms with van der Waals surface area (Å²) in [6.07, 6.45) is 5.32. The second-order valence-corrected chi connectivity index (χ2v) is 5.68. The van der Waals surface area contributed by atoms with Crippen molar-refractivity contribution in [2.75, 3.05) is 0 Å². The molecule has 0 saturated heterocycles. The smallest absolute Gasteiger partial charge is 0.124 e. The van der Waals surface area contributed by atoms with E-state index in [1.807, 2.05) is 18.2 Å². The molecule has 1 aromatic carbocycles. The summed E-state index contributed by atoms with van der Waals surface area (Å²) in [5.74, 6) is 2.33. The Morgan fingerprint density at radius 3 is 2.89 bits per heavy atom. The quantitative estimate of drug-likeness (QED) is 0.732. The molecule has 1 aromatic heterocycles. The number of aryl methyl sites for hydroxylation is 1. The topological polar surface area (TPSA) is 17.8 Å². The van der Waals surface area contributed by atoms with E-state index >= 15 is 0 Å². The maximum Gasteiger partial charge on any atom is 0.124 e. The molecule has 1 aliphatic rings.